The largest absolute Gasteiger partial charge is 0.493 e. The van der Waals surface area contributed by atoms with Gasteiger partial charge in [-0.25, -0.2) is 4.79 Å². The predicted molar refractivity (Wildman–Crippen MR) is 102 cm³/mol. The van der Waals surface area contributed by atoms with Crippen LogP contribution in [0.1, 0.15) is 28.8 Å². The van der Waals surface area contributed by atoms with Gasteiger partial charge in [0.15, 0.2) is 18.1 Å². The van der Waals surface area contributed by atoms with E-state index in [0.29, 0.717) is 37.0 Å². The number of esters is 1. The van der Waals surface area contributed by atoms with E-state index in [1.165, 1.54) is 19.2 Å². The smallest absolute Gasteiger partial charge is 0.338 e. The highest BCUT2D eigenvalue weighted by Gasteiger charge is 2.22. The van der Waals surface area contributed by atoms with Gasteiger partial charge < -0.3 is 24.3 Å². The third-order valence-electron chi connectivity index (χ3n) is 4.37. The first-order valence-electron chi connectivity index (χ1n) is 9.05. The fourth-order valence-electron chi connectivity index (χ4n) is 2.82. The summed E-state index contributed by atoms with van der Waals surface area (Å²) in [6.07, 6.45) is 0. The molecule has 3 rings (SSSR count). The first-order chi connectivity index (χ1) is 13.6. The van der Waals surface area contributed by atoms with Crippen molar-refractivity contribution >= 4 is 11.9 Å². The minimum atomic E-state index is -0.637. The van der Waals surface area contributed by atoms with Gasteiger partial charge in [0.2, 0.25) is 5.75 Å². The predicted octanol–water partition coefficient (Wildman–Crippen LogP) is 2.54. The summed E-state index contributed by atoms with van der Waals surface area (Å²) in [6.45, 7) is 2.91. The Hall–Kier alpha value is -3.22. The number of methoxy groups -OCH3 is 1. The second kappa shape index (κ2) is 9.12. The van der Waals surface area contributed by atoms with Crippen molar-refractivity contribution in [2.24, 2.45) is 0 Å². The van der Waals surface area contributed by atoms with Crippen LogP contribution in [0.25, 0.3) is 0 Å². The van der Waals surface area contributed by atoms with Gasteiger partial charge in [0.05, 0.1) is 12.7 Å². The Morgan fingerprint density at radius 2 is 1.89 bits per heavy atom. The molecular weight excluding hydrogens is 362 g/mol. The van der Waals surface area contributed by atoms with Crippen molar-refractivity contribution in [3.63, 3.8) is 0 Å². The maximum absolute atomic E-state index is 12.3. The van der Waals surface area contributed by atoms with E-state index < -0.39 is 5.97 Å². The minimum Gasteiger partial charge on any atom is -0.493 e. The molecule has 0 bridgehead atoms. The van der Waals surface area contributed by atoms with Crippen LogP contribution in [0.5, 0.6) is 17.2 Å². The Bertz CT molecular complexity index is 819. The van der Waals surface area contributed by atoms with Crippen molar-refractivity contribution in [1.82, 2.24) is 5.32 Å². The van der Waals surface area contributed by atoms with E-state index in [2.05, 4.69) is 5.32 Å². The lowest BCUT2D eigenvalue weighted by Gasteiger charge is -2.21. The van der Waals surface area contributed by atoms with Crippen LogP contribution in [-0.2, 0) is 9.53 Å². The van der Waals surface area contributed by atoms with Crippen molar-refractivity contribution in [2.45, 2.75) is 12.8 Å². The number of amides is 1. The summed E-state index contributed by atoms with van der Waals surface area (Å²) in [5.74, 6) is 0.409. The summed E-state index contributed by atoms with van der Waals surface area (Å²) >= 11 is 0. The van der Waals surface area contributed by atoms with Gasteiger partial charge in [0, 0.05) is 6.54 Å². The first-order valence-corrected chi connectivity index (χ1v) is 9.05. The molecule has 2 aromatic carbocycles. The van der Waals surface area contributed by atoms with E-state index in [-0.39, 0.29) is 24.0 Å². The Morgan fingerprint density at radius 1 is 1.14 bits per heavy atom. The molecule has 1 aliphatic rings. The minimum absolute atomic E-state index is 0.155. The lowest BCUT2D eigenvalue weighted by atomic mass is 10.0. The standard InChI is InChI=1S/C21H23NO6/c1-14(15-6-4-3-5-7-15)12-22-19(23)13-28-21(24)16-10-17(25-2)20-18(11-16)26-8-9-27-20/h3-7,10-11,14H,8-9,12-13H2,1-2H3,(H,22,23)/t14-/m1/s1. The van der Waals surface area contributed by atoms with E-state index in [9.17, 15) is 9.59 Å². The third-order valence-corrected chi connectivity index (χ3v) is 4.37. The molecule has 7 heteroatoms. The van der Waals surface area contributed by atoms with Crippen molar-refractivity contribution < 1.29 is 28.5 Å². The zero-order valence-corrected chi connectivity index (χ0v) is 15.9. The number of fused-ring (bicyclic) bond motifs is 1. The van der Waals surface area contributed by atoms with Crippen LogP contribution in [0.4, 0.5) is 0 Å². The molecule has 0 fully saturated rings. The van der Waals surface area contributed by atoms with Gasteiger partial charge in [-0.05, 0) is 23.6 Å². The van der Waals surface area contributed by atoms with Crippen LogP contribution in [0.3, 0.4) is 0 Å². The van der Waals surface area contributed by atoms with Crippen LogP contribution in [0.2, 0.25) is 0 Å². The molecule has 2 aromatic rings. The molecule has 0 aliphatic carbocycles. The molecule has 0 unspecified atom stereocenters. The Balaban J connectivity index is 1.53. The van der Waals surface area contributed by atoms with Crippen molar-refractivity contribution in [3.8, 4) is 17.2 Å². The number of hydrogen-bond donors (Lipinski definition) is 1. The number of ether oxygens (including phenoxy) is 4. The molecule has 1 heterocycles. The molecule has 0 radical (unpaired) electrons. The second-order valence-corrected chi connectivity index (χ2v) is 6.39. The van der Waals surface area contributed by atoms with Gasteiger partial charge in [0.1, 0.15) is 13.2 Å². The number of carbonyl (C=O) groups is 2. The van der Waals surface area contributed by atoms with E-state index in [1.54, 1.807) is 0 Å². The van der Waals surface area contributed by atoms with E-state index in [1.807, 2.05) is 37.3 Å². The van der Waals surface area contributed by atoms with Crippen molar-refractivity contribution in [2.75, 3.05) is 33.5 Å². The van der Waals surface area contributed by atoms with E-state index >= 15 is 0 Å². The Labute approximate surface area is 163 Å². The quantitative estimate of drug-likeness (QED) is 0.738. The Kier molecular flexibility index (Phi) is 6.37. The first kappa shape index (κ1) is 19.5. The molecule has 1 aliphatic heterocycles. The van der Waals surface area contributed by atoms with Crippen LogP contribution in [0, 0.1) is 0 Å². The summed E-state index contributed by atoms with van der Waals surface area (Å²) in [6, 6.07) is 12.9. The molecule has 0 spiro atoms. The van der Waals surface area contributed by atoms with E-state index in [4.69, 9.17) is 18.9 Å². The average molecular weight is 385 g/mol. The fourth-order valence-corrected chi connectivity index (χ4v) is 2.82. The molecule has 28 heavy (non-hydrogen) atoms. The number of rotatable bonds is 7. The molecule has 1 N–H and O–H groups in total. The molecule has 148 valence electrons. The SMILES string of the molecule is COc1cc(C(=O)OCC(=O)NC[C@@H](C)c2ccccc2)cc2c1OCCO2. The van der Waals surface area contributed by atoms with Crippen LogP contribution < -0.4 is 19.5 Å². The molecular formula is C21H23NO6. The number of carbonyl (C=O) groups excluding carboxylic acids is 2. The molecule has 0 saturated heterocycles. The van der Waals surface area contributed by atoms with Crippen LogP contribution in [-0.4, -0.2) is 45.4 Å². The number of benzene rings is 2. The summed E-state index contributed by atoms with van der Waals surface area (Å²) in [5, 5.41) is 2.77. The van der Waals surface area contributed by atoms with Gasteiger partial charge in [-0.3, -0.25) is 4.79 Å². The normalized spacial score (nSPS) is 13.4. The molecule has 0 saturated carbocycles. The topological polar surface area (TPSA) is 83.1 Å². The lowest BCUT2D eigenvalue weighted by molar-refractivity contribution is -0.124. The average Bonchev–Trinajstić information content (AvgIpc) is 2.75. The molecule has 1 atom stereocenters. The van der Waals surface area contributed by atoms with Gasteiger partial charge in [0.25, 0.3) is 5.91 Å². The van der Waals surface area contributed by atoms with Gasteiger partial charge in [-0.2, -0.15) is 0 Å². The zero-order chi connectivity index (χ0) is 19.9. The fraction of sp³-hybridized carbons (Fsp3) is 0.333. The van der Waals surface area contributed by atoms with Crippen molar-refractivity contribution in [1.29, 1.82) is 0 Å². The highest BCUT2D eigenvalue weighted by molar-refractivity contribution is 5.92. The maximum Gasteiger partial charge on any atom is 0.338 e. The van der Waals surface area contributed by atoms with Gasteiger partial charge in [-0.1, -0.05) is 37.3 Å². The zero-order valence-electron chi connectivity index (χ0n) is 15.9. The van der Waals surface area contributed by atoms with Gasteiger partial charge in [-0.15, -0.1) is 0 Å². The van der Waals surface area contributed by atoms with Crippen LogP contribution >= 0.6 is 0 Å². The van der Waals surface area contributed by atoms with E-state index in [0.717, 1.165) is 5.56 Å². The molecule has 1 amide bonds. The van der Waals surface area contributed by atoms with Crippen molar-refractivity contribution in [3.05, 3.63) is 53.6 Å². The number of hydrogen-bond acceptors (Lipinski definition) is 6. The molecule has 0 aromatic heterocycles. The molecule has 7 nitrogen and oxygen atoms in total. The second-order valence-electron chi connectivity index (χ2n) is 6.39. The maximum atomic E-state index is 12.3. The third kappa shape index (κ3) is 4.73. The highest BCUT2D eigenvalue weighted by Crippen LogP contribution is 2.40. The summed E-state index contributed by atoms with van der Waals surface area (Å²) in [4.78, 5) is 24.3. The lowest BCUT2D eigenvalue weighted by Crippen LogP contribution is -2.31. The summed E-state index contributed by atoms with van der Waals surface area (Å²) in [5.41, 5.74) is 1.36. The highest BCUT2D eigenvalue weighted by atomic mass is 16.6. The monoisotopic (exact) mass is 385 g/mol. The summed E-state index contributed by atoms with van der Waals surface area (Å²) in [7, 11) is 1.48. The number of nitrogens with one attached hydrogen (secondary N) is 1. The van der Waals surface area contributed by atoms with Gasteiger partial charge >= 0.3 is 5.97 Å². The Morgan fingerprint density at radius 3 is 2.64 bits per heavy atom. The summed E-state index contributed by atoms with van der Waals surface area (Å²) < 4.78 is 21.4. The van der Waals surface area contributed by atoms with Crippen LogP contribution in [0.15, 0.2) is 42.5 Å².